The quantitative estimate of drug-likeness (QED) is 0.0931. The molecule has 1 aromatic heterocycles. The Morgan fingerprint density at radius 2 is 0.655 bits per heavy atom. The molecule has 6 aromatic rings. The predicted octanol–water partition coefficient (Wildman–Crippen LogP) is 8.17. The van der Waals surface area contributed by atoms with Crippen LogP contribution in [0.15, 0.2) is 133 Å². The zero-order chi connectivity index (χ0) is 42.7. The molecule has 2 atom stereocenters. The van der Waals surface area contributed by atoms with E-state index in [1.807, 2.05) is 36.4 Å². The minimum atomic E-state index is 0. The van der Waals surface area contributed by atoms with Gasteiger partial charge >= 0.3 is 90.4 Å². The summed E-state index contributed by atoms with van der Waals surface area (Å²) in [6.07, 6.45) is 1.73. The number of fused-ring (bicyclic) bond motifs is 2. The van der Waals surface area contributed by atoms with Crippen molar-refractivity contribution >= 4 is 0 Å². The van der Waals surface area contributed by atoms with Crippen molar-refractivity contribution in [3.8, 4) is 22.5 Å². The molecular weight excluding hydrogens is 818 g/mol. The van der Waals surface area contributed by atoms with Gasteiger partial charge in [-0.3, -0.25) is 0 Å². The van der Waals surface area contributed by atoms with Crippen LogP contribution in [-0.4, -0.2) is 9.97 Å². The van der Waals surface area contributed by atoms with Crippen LogP contribution in [0.3, 0.4) is 0 Å². The molecule has 0 bridgehead atoms. The van der Waals surface area contributed by atoms with Gasteiger partial charge in [0.1, 0.15) is 0 Å². The van der Waals surface area contributed by atoms with Crippen LogP contribution in [0.2, 0.25) is 0 Å². The Kier molecular flexibility index (Phi) is 38.6. The second-order valence-corrected chi connectivity index (χ2v) is 10.4. The maximum Gasteiger partial charge on any atom is 0.0578 e. The average molecular weight is 847 g/mol. The Hall–Kier alpha value is -5.86. The molecule has 1 aliphatic rings. The van der Waals surface area contributed by atoms with Crippen molar-refractivity contribution in [1.29, 1.82) is 0 Å². The first kappa shape index (κ1) is 58.8. The summed E-state index contributed by atoms with van der Waals surface area (Å²) in [6.45, 7) is 36.0. The molecule has 0 fully saturated rings. The molecule has 1 aliphatic carbocycles. The fourth-order valence-electron chi connectivity index (χ4n) is 5.98. The predicted molar refractivity (Wildman–Crippen MR) is 192 cm³/mol. The summed E-state index contributed by atoms with van der Waals surface area (Å²) < 4.78 is 60.0. The Balaban J connectivity index is -0.000000729. The molecule has 12 heteroatoms. The summed E-state index contributed by atoms with van der Waals surface area (Å²) in [7, 11) is 0. The normalized spacial score (nSPS) is 11.1. The smallest absolute Gasteiger partial charge is 0.0578 e. The van der Waals surface area contributed by atoms with E-state index in [0.29, 0.717) is 0 Å². The van der Waals surface area contributed by atoms with Crippen molar-refractivity contribution in [3.05, 3.63) is 232 Å². The third-order valence-corrected chi connectivity index (χ3v) is 7.85. The Bertz CT molecular complexity index is 1950. The molecule has 0 saturated heterocycles. The van der Waals surface area contributed by atoms with Crippen LogP contribution in [0.1, 0.15) is 45.5 Å². The number of benzene rings is 5. The topological polar surface area (TPSA) is 185 Å². The van der Waals surface area contributed by atoms with Gasteiger partial charge in [-0.2, -0.15) is 0 Å². The first-order valence-corrected chi connectivity index (χ1v) is 15.5. The van der Waals surface area contributed by atoms with Gasteiger partial charge in [0, 0.05) is 46.0 Å². The van der Waals surface area contributed by atoms with E-state index in [4.69, 9.17) is 47.2 Å². The van der Waals surface area contributed by atoms with Gasteiger partial charge in [-0.25, -0.2) is 0 Å². The molecule has 2 radical (unpaired) electrons. The summed E-state index contributed by atoms with van der Waals surface area (Å²) >= 11 is 0. The molecule has 0 spiro atoms. The molecular formula is C46H28Mn2N2O8-2. The molecule has 7 rings (SSSR count). The van der Waals surface area contributed by atoms with Crippen molar-refractivity contribution in [2.45, 2.75) is 24.7 Å². The molecule has 0 amide bonds. The first-order chi connectivity index (χ1) is 27.8. The molecule has 10 nitrogen and oxygen atoms in total. The van der Waals surface area contributed by atoms with E-state index >= 15 is 0 Å². The van der Waals surface area contributed by atoms with Crippen molar-refractivity contribution in [3.63, 3.8) is 0 Å². The molecule has 1 heterocycles. The minimum Gasteiger partial charge on any atom is -0.306 e. The molecule has 0 N–H and O–H groups in total. The van der Waals surface area contributed by atoms with Crippen molar-refractivity contribution in [2.24, 2.45) is 0 Å². The molecule has 0 aliphatic heterocycles. The largest absolute Gasteiger partial charge is 0.306 e. The monoisotopic (exact) mass is 846 g/mol. The van der Waals surface area contributed by atoms with E-state index in [1.54, 1.807) is 0 Å². The number of aromatic nitrogens is 2. The van der Waals surface area contributed by atoms with Gasteiger partial charge in [0.2, 0.25) is 0 Å². The second kappa shape index (κ2) is 38.0. The Morgan fingerprint density at radius 1 is 0.379 bits per heavy atom. The third kappa shape index (κ3) is 16.7. The van der Waals surface area contributed by atoms with E-state index < -0.39 is 0 Å². The van der Waals surface area contributed by atoms with Gasteiger partial charge in [0.25, 0.3) is 0 Å². The summed E-state index contributed by atoms with van der Waals surface area (Å²) in [4.78, 5) is 11.0. The summed E-state index contributed by atoms with van der Waals surface area (Å²) in [5.41, 5.74) is 11.0. The van der Waals surface area contributed by atoms with E-state index in [1.165, 1.54) is 22.3 Å². The Morgan fingerprint density at radius 3 is 0.931 bits per heavy atom. The van der Waals surface area contributed by atoms with Crippen LogP contribution in [0.4, 0.5) is 0 Å². The number of rotatable bonds is 6. The van der Waals surface area contributed by atoms with E-state index in [9.17, 15) is 0 Å². The average Bonchev–Trinajstić information content (AvgIpc) is 3.33. The van der Waals surface area contributed by atoms with Gasteiger partial charge in [0.05, 0.1) is 11.4 Å². The van der Waals surface area contributed by atoms with Crippen LogP contribution >= 0.6 is 0 Å². The van der Waals surface area contributed by atoms with Crippen LogP contribution in [-0.2, 0) is 84.2 Å². The summed E-state index contributed by atoms with van der Waals surface area (Å²) in [6, 6.07) is 53.3. The van der Waals surface area contributed by atoms with Crippen LogP contribution in [0.25, 0.3) is 22.5 Å². The zero-order valence-corrected chi connectivity index (χ0v) is 32.5. The summed E-state index contributed by atoms with van der Waals surface area (Å²) in [5, 5.41) is 0. The zero-order valence-electron chi connectivity index (χ0n) is 30.2. The molecule has 5 aromatic carbocycles. The van der Waals surface area contributed by atoms with E-state index in [2.05, 4.69) is 162 Å². The third-order valence-electron chi connectivity index (χ3n) is 7.85. The van der Waals surface area contributed by atoms with E-state index in [0.717, 1.165) is 46.7 Å². The minimum absolute atomic E-state index is 0. The second-order valence-electron chi connectivity index (χ2n) is 10.4. The number of hydrogen-bond donors (Lipinski definition) is 0. The van der Waals surface area contributed by atoms with E-state index in [-0.39, 0.29) is 46.0 Å². The van der Waals surface area contributed by atoms with Gasteiger partial charge < -0.3 is 9.97 Å². The fraction of sp³-hybridized carbons (Fsp3) is 0.0870. The molecule has 0 unspecified atom stereocenters. The van der Waals surface area contributed by atoms with Crippen LogP contribution < -0.4 is 0 Å². The van der Waals surface area contributed by atoms with Crippen LogP contribution in [0, 0.1) is 65.3 Å². The summed E-state index contributed by atoms with van der Waals surface area (Å²) in [5.74, 6) is 0.203. The maximum absolute atomic E-state index is 7.50. The van der Waals surface area contributed by atoms with Crippen molar-refractivity contribution in [1.82, 2.24) is 9.97 Å². The van der Waals surface area contributed by atoms with Crippen molar-refractivity contribution < 1.29 is 71.4 Å². The molecule has 0 saturated carbocycles. The molecule has 286 valence electrons. The van der Waals surface area contributed by atoms with Crippen molar-refractivity contribution in [2.75, 3.05) is 0 Å². The fourth-order valence-corrected chi connectivity index (χ4v) is 5.98. The van der Waals surface area contributed by atoms with Gasteiger partial charge in [-0.15, -0.1) is 71.8 Å². The first-order valence-electron chi connectivity index (χ1n) is 15.5. The SMILES string of the molecule is [C-]#[O+].[C-]#[O+].[C-]#[O+].[C-]#[O+].[C-]#[O+].[C-]#[O+].[C-]#[O+].[C-]#[O+].[Mn].[Mn].[c-]1ccccc1-c1nc2c(nc1-c1[c-]cccc1)[C@@H](Cc1ccccc1)c1ccccc1[C@@H]2Cc1ccccc1. The Labute approximate surface area is 359 Å². The maximum atomic E-state index is 7.50. The van der Waals surface area contributed by atoms with Gasteiger partial charge in [-0.05, 0) is 46.5 Å². The molecule has 58 heavy (non-hydrogen) atoms. The van der Waals surface area contributed by atoms with Crippen LogP contribution in [0.5, 0.6) is 0 Å². The standard InChI is InChI=1S/C38H28N2.8CO.2Mn/c1-5-15-27(16-6-1)25-33-31-23-13-14-24-32(31)34(26-28-17-7-2-8-18-28)38-37(33)39-35(29-19-9-3-10-20-29)36(40-38)30-21-11-4-12-22-30;8*1-2;;/h1-19,21,23-24,33-34H,25-26H2;;;;;;;;;;/q-2;;;;;;;;;;/t33-,34-;;;;;;;;;;/m0........../s1. The van der Waals surface area contributed by atoms with Gasteiger partial charge in [0.15, 0.2) is 0 Å². The number of nitrogens with zero attached hydrogens (tertiary/aromatic N) is 2. The number of hydrogen-bond acceptors (Lipinski definition) is 2. The van der Waals surface area contributed by atoms with Gasteiger partial charge in [-0.1, -0.05) is 84.9 Å².